The molecule has 1 saturated heterocycles. The average molecular weight is 410 g/mol. The van der Waals surface area contributed by atoms with Crippen LogP contribution in [0, 0.1) is 13.8 Å². The third-order valence-corrected chi connectivity index (χ3v) is 5.88. The van der Waals surface area contributed by atoms with Gasteiger partial charge in [-0.1, -0.05) is 12.1 Å². The van der Waals surface area contributed by atoms with Crippen LogP contribution < -0.4 is 4.90 Å². The van der Waals surface area contributed by atoms with Crippen LogP contribution in [0.5, 0.6) is 0 Å². The molecular weight excluding hydrogens is 388 g/mol. The molecule has 6 rings (SSSR count). The van der Waals surface area contributed by atoms with Crippen LogP contribution in [0.15, 0.2) is 48.9 Å². The zero-order valence-electron chi connectivity index (χ0n) is 17.5. The van der Waals surface area contributed by atoms with E-state index in [1.54, 1.807) is 6.20 Å². The number of fused-ring (bicyclic) bond motifs is 2. The van der Waals surface area contributed by atoms with Crippen LogP contribution in [-0.4, -0.2) is 47.0 Å². The lowest BCUT2D eigenvalue weighted by atomic mass is 10.1. The summed E-state index contributed by atoms with van der Waals surface area (Å²) >= 11 is 0. The first-order valence-corrected chi connectivity index (χ1v) is 10.6. The first-order chi connectivity index (χ1) is 15.2. The Morgan fingerprint density at radius 2 is 1.77 bits per heavy atom. The Hall–Kier alpha value is -3.81. The van der Waals surface area contributed by atoms with Crippen LogP contribution in [0.25, 0.3) is 34.2 Å². The highest BCUT2D eigenvalue weighted by molar-refractivity contribution is 5.68. The summed E-state index contributed by atoms with van der Waals surface area (Å²) < 4.78 is 3.75. The van der Waals surface area contributed by atoms with Crippen LogP contribution in [-0.2, 0) is 0 Å². The normalized spacial score (nSPS) is 14.2. The lowest BCUT2D eigenvalue weighted by molar-refractivity contribution is 0.889. The van der Waals surface area contributed by atoms with Gasteiger partial charge in [0.15, 0.2) is 5.65 Å². The van der Waals surface area contributed by atoms with Gasteiger partial charge in [-0.2, -0.15) is 0 Å². The van der Waals surface area contributed by atoms with Crippen molar-refractivity contribution >= 4 is 17.1 Å². The second-order valence-electron chi connectivity index (χ2n) is 8.05. The molecule has 0 N–H and O–H groups in total. The maximum atomic E-state index is 4.78. The van der Waals surface area contributed by atoms with Crippen molar-refractivity contribution in [1.82, 2.24) is 34.0 Å². The number of imidazole rings is 1. The van der Waals surface area contributed by atoms with Crippen LogP contribution in [0.4, 0.5) is 5.69 Å². The van der Waals surface area contributed by atoms with E-state index in [4.69, 9.17) is 9.97 Å². The molecule has 1 fully saturated rings. The van der Waals surface area contributed by atoms with Crippen LogP contribution in [0.3, 0.4) is 0 Å². The zero-order chi connectivity index (χ0) is 20.9. The molecule has 8 nitrogen and oxygen atoms in total. The molecule has 1 aliphatic heterocycles. The number of anilines is 1. The maximum absolute atomic E-state index is 4.78. The van der Waals surface area contributed by atoms with E-state index in [-0.39, 0.29) is 0 Å². The lowest BCUT2D eigenvalue weighted by Gasteiger charge is -2.17. The summed E-state index contributed by atoms with van der Waals surface area (Å²) in [4.78, 5) is 21.0. The summed E-state index contributed by atoms with van der Waals surface area (Å²) in [5.74, 6) is 1.20. The monoisotopic (exact) mass is 410 g/mol. The number of hydrogen-bond donors (Lipinski definition) is 0. The molecule has 0 aliphatic carbocycles. The summed E-state index contributed by atoms with van der Waals surface area (Å²) in [6.45, 7) is 6.15. The minimum absolute atomic E-state index is 0.572. The highest BCUT2D eigenvalue weighted by Gasteiger charge is 2.15. The number of rotatable bonds is 3. The second-order valence-corrected chi connectivity index (χ2v) is 8.05. The molecule has 0 saturated carbocycles. The first kappa shape index (κ1) is 18.0. The Morgan fingerprint density at radius 3 is 2.61 bits per heavy atom. The smallest absolute Gasteiger partial charge is 0.234 e. The molecular formula is C23H22N8. The lowest BCUT2D eigenvalue weighted by Crippen LogP contribution is -2.17. The number of hydrogen-bond acceptors (Lipinski definition) is 6. The standard InChI is InChI=1S/C23H22N8/c1-15-13-24-16(2)22-27-21(28-31(15)22)19-8-11-30-14-20(26-23(30)25-19)17-6-5-7-18(12-17)29-9-3-4-10-29/h5-8,11-14H,3-4,9-10H2,1-2H3. The Bertz CT molecular complexity index is 1390. The van der Waals surface area contributed by atoms with Crippen LogP contribution in [0.1, 0.15) is 24.2 Å². The molecule has 154 valence electrons. The molecule has 8 heteroatoms. The predicted molar refractivity (Wildman–Crippen MR) is 119 cm³/mol. The number of aromatic nitrogens is 7. The molecule has 1 aliphatic rings. The van der Waals surface area contributed by atoms with E-state index >= 15 is 0 Å². The molecule has 5 heterocycles. The fourth-order valence-electron chi connectivity index (χ4n) is 4.18. The fraction of sp³-hybridized carbons (Fsp3) is 0.261. The minimum atomic E-state index is 0.572. The molecule has 0 atom stereocenters. The number of nitrogens with zero attached hydrogens (tertiary/aromatic N) is 8. The number of benzene rings is 1. The van der Waals surface area contributed by atoms with E-state index in [9.17, 15) is 0 Å². The largest absolute Gasteiger partial charge is 0.372 e. The van der Waals surface area contributed by atoms with E-state index in [1.807, 2.05) is 41.2 Å². The van der Waals surface area contributed by atoms with Crippen LogP contribution >= 0.6 is 0 Å². The Labute approximate surface area is 179 Å². The summed E-state index contributed by atoms with van der Waals surface area (Å²) in [7, 11) is 0. The highest BCUT2D eigenvalue weighted by atomic mass is 15.3. The topological polar surface area (TPSA) is 76.5 Å². The molecule has 0 bridgehead atoms. The third-order valence-electron chi connectivity index (χ3n) is 5.88. The molecule has 0 radical (unpaired) electrons. The Kier molecular flexibility index (Phi) is 3.99. The molecule has 1 aromatic carbocycles. The van der Waals surface area contributed by atoms with Gasteiger partial charge in [0.2, 0.25) is 11.6 Å². The van der Waals surface area contributed by atoms with Gasteiger partial charge < -0.3 is 4.90 Å². The van der Waals surface area contributed by atoms with Gasteiger partial charge in [-0.3, -0.25) is 9.38 Å². The average Bonchev–Trinajstić information content (AvgIpc) is 3.55. The van der Waals surface area contributed by atoms with E-state index in [0.717, 1.165) is 41.4 Å². The number of aryl methyl sites for hydroxylation is 2. The van der Waals surface area contributed by atoms with E-state index in [0.29, 0.717) is 17.3 Å². The molecule has 0 spiro atoms. The van der Waals surface area contributed by atoms with Gasteiger partial charge in [-0.15, -0.1) is 5.10 Å². The van der Waals surface area contributed by atoms with Crippen molar-refractivity contribution in [1.29, 1.82) is 0 Å². The van der Waals surface area contributed by atoms with Crippen molar-refractivity contribution in [2.45, 2.75) is 26.7 Å². The van der Waals surface area contributed by atoms with Gasteiger partial charge >= 0.3 is 0 Å². The Morgan fingerprint density at radius 1 is 0.935 bits per heavy atom. The first-order valence-electron chi connectivity index (χ1n) is 10.6. The second kappa shape index (κ2) is 6.87. The van der Waals surface area contributed by atoms with E-state index in [1.165, 1.54) is 18.5 Å². The Balaban J connectivity index is 1.39. The van der Waals surface area contributed by atoms with Crippen molar-refractivity contribution < 1.29 is 0 Å². The van der Waals surface area contributed by atoms with Gasteiger partial charge in [0.05, 0.1) is 17.1 Å². The fourth-order valence-corrected chi connectivity index (χ4v) is 4.18. The molecule has 5 aromatic rings. The van der Waals surface area contributed by atoms with Crippen molar-refractivity contribution in [3.8, 4) is 22.8 Å². The maximum Gasteiger partial charge on any atom is 0.234 e. The summed E-state index contributed by atoms with van der Waals surface area (Å²) in [6.07, 6.45) is 8.30. The molecule has 31 heavy (non-hydrogen) atoms. The van der Waals surface area contributed by atoms with Crippen molar-refractivity contribution in [3.63, 3.8) is 0 Å². The van der Waals surface area contributed by atoms with Gasteiger partial charge in [-0.05, 0) is 44.9 Å². The van der Waals surface area contributed by atoms with Crippen LogP contribution in [0.2, 0.25) is 0 Å². The quantitative estimate of drug-likeness (QED) is 0.451. The molecule has 0 amide bonds. The van der Waals surface area contributed by atoms with Gasteiger partial charge in [0.25, 0.3) is 0 Å². The predicted octanol–water partition coefficient (Wildman–Crippen LogP) is 3.72. The van der Waals surface area contributed by atoms with E-state index in [2.05, 4.69) is 44.2 Å². The van der Waals surface area contributed by atoms with Gasteiger partial charge in [-0.25, -0.2) is 19.5 Å². The third kappa shape index (κ3) is 3.02. The van der Waals surface area contributed by atoms with Gasteiger partial charge in [0, 0.05) is 42.9 Å². The van der Waals surface area contributed by atoms with Crippen molar-refractivity contribution in [3.05, 3.63) is 60.3 Å². The minimum Gasteiger partial charge on any atom is -0.372 e. The van der Waals surface area contributed by atoms with Gasteiger partial charge in [0.1, 0.15) is 5.69 Å². The highest BCUT2D eigenvalue weighted by Crippen LogP contribution is 2.27. The van der Waals surface area contributed by atoms with E-state index < -0.39 is 0 Å². The summed E-state index contributed by atoms with van der Waals surface area (Å²) in [5, 5.41) is 4.63. The molecule has 4 aromatic heterocycles. The summed E-state index contributed by atoms with van der Waals surface area (Å²) in [6, 6.07) is 10.5. The van der Waals surface area contributed by atoms with Crippen molar-refractivity contribution in [2.24, 2.45) is 0 Å². The van der Waals surface area contributed by atoms with Crippen molar-refractivity contribution in [2.75, 3.05) is 18.0 Å². The SMILES string of the molecule is Cc1ncc(C)n2nc(-c3ccn4cc(-c5cccc(N6CCCC6)c5)nc4n3)nc12. The molecule has 0 unspecified atom stereocenters. The summed E-state index contributed by atoms with van der Waals surface area (Å²) in [5.41, 5.74) is 6.48. The zero-order valence-corrected chi connectivity index (χ0v) is 17.5.